The van der Waals surface area contributed by atoms with E-state index in [1.54, 1.807) is 0 Å². The van der Waals surface area contributed by atoms with Gasteiger partial charge >= 0.3 is 12.3 Å². The van der Waals surface area contributed by atoms with Crippen molar-refractivity contribution in [3.05, 3.63) is 34.5 Å². The minimum atomic E-state index is -4.57. The molecule has 5 nitrogen and oxygen atoms in total. The molecule has 28 heavy (non-hydrogen) atoms. The average molecular weight is 439 g/mol. The normalized spacial score (nSPS) is 15.2. The summed E-state index contributed by atoms with van der Waals surface area (Å²) in [4.78, 5) is 13.3. The molecule has 0 saturated carbocycles. The number of hydrogen-bond acceptors (Lipinski definition) is 4. The molecule has 0 unspecified atom stereocenters. The van der Waals surface area contributed by atoms with Crippen LogP contribution in [0.3, 0.4) is 0 Å². The fraction of sp³-hybridized carbons (Fsp3) is 0.611. The van der Waals surface area contributed by atoms with E-state index in [0.29, 0.717) is 4.88 Å². The Labute approximate surface area is 169 Å². The highest BCUT2D eigenvalue weighted by Gasteiger charge is 2.41. The Morgan fingerprint density at radius 3 is 2.32 bits per heavy atom. The van der Waals surface area contributed by atoms with Gasteiger partial charge in [-0.1, -0.05) is 26.8 Å². The Kier molecular flexibility index (Phi) is 7.91. The van der Waals surface area contributed by atoms with Crippen LogP contribution in [0, 0.1) is 0 Å². The van der Waals surface area contributed by atoms with Crippen LogP contribution in [0.4, 0.5) is 18.0 Å². The highest BCUT2D eigenvalue weighted by atomic mass is 32.1. The van der Waals surface area contributed by atoms with Crippen LogP contribution in [0.5, 0.6) is 0 Å². The van der Waals surface area contributed by atoms with Gasteiger partial charge in [-0.15, -0.1) is 17.9 Å². The SMILES string of the molecule is C=CCN(C(=O)O)[C@H](CO[Si](C)(C)C(C)(C)C)c1ccc([C@@H](N)C(F)(F)F)s1. The topological polar surface area (TPSA) is 75.8 Å². The molecule has 1 aromatic rings. The predicted molar refractivity (Wildman–Crippen MR) is 108 cm³/mol. The zero-order valence-electron chi connectivity index (χ0n) is 16.8. The van der Waals surface area contributed by atoms with Crippen LogP contribution in [-0.2, 0) is 4.43 Å². The summed E-state index contributed by atoms with van der Waals surface area (Å²) in [5, 5.41) is 9.51. The van der Waals surface area contributed by atoms with Crippen molar-refractivity contribution in [2.75, 3.05) is 13.2 Å². The number of hydrogen-bond donors (Lipinski definition) is 2. The Balaban J connectivity index is 3.23. The van der Waals surface area contributed by atoms with Gasteiger partial charge in [0.25, 0.3) is 0 Å². The molecular formula is C18H29F3N2O3SSi. The summed E-state index contributed by atoms with van der Waals surface area (Å²) >= 11 is 0.857. The van der Waals surface area contributed by atoms with Crippen molar-refractivity contribution in [2.24, 2.45) is 5.73 Å². The minimum Gasteiger partial charge on any atom is -0.465 e. The molecule has 0 aliphatic carbocycles. The highest BCUT2D eigenvalue weighted by molar-refractivity contribution is 7.12. The first-order chi connectivity index (χ1) is 12.6. The average Bonchev–Trinajstić information content (AvgIpc) is 3.00. The maximum absolute atomic E-state index is 12.9. The molecule has 1 rings (SSSR count). The third-order valence-electron chi connectivity index (χ3n) is 4.99. The molecule has 3 N–H and O–H groups in total. The minimum absolute atomic E-state index is 0.0272. The number of amides is 1. The van der Waals surface area contributed by atoms with Crippen molar-refractivity contribution in [1.29, 1.82) is 0 Å². The molecule has 2 atom stereocenters. The zero-order chi connectivity index (χ0) is 21.9. The Morgan fingerprint density at radius 2 is 1.89 bits per heavy atom. The van der Waals surface area contributed by atoms with E-state index in [0.717, 1.165) is 16.2 Å². The number of carboxylic acid groups (broad SMARTS) is 1. The Morgan fingerprint density at radius 1 is 1.36 bits per heavy atom. The number of nitrogens with zero attached hydrogens (tertiary/aromatic N) is 1. The number of halogens is 3. The second-order valence-electron chi connectivity index (χ2n) is 8.07. The first kappa shape index (κ1) is 24.7. The molecule has 1 amide bonds. The fourth-order valence-electron chi connectivity index (χ4n) is 2.18. The third kappa shape index (κ3) is 6.07. The Hall–Kier alpha value is -1.36. The lowest BCUT2D eigenvalue weighted by Crippen LogP contribution is -2.44. The highest BCUT2D eigenvalue weighted by Crippen LogP contribution is 2.40. The van der Waals surface area contributed by atoms with Crippen LogP contribution >= 0.6 is 11.3 Å². The van der Waals surface area contributed by atoms with Gasteiger partial charge < -0.3 is 15.3 Å². The first-order valence-corrected chi connectivity index (χ1v) is 12.5. The summed E-state index contributed by atoms with van der Waals surface area (Å²) in [5.41, 5.74) is 5.30. The van der Waals surface area contributed by atoms with Gasteiger partial charge in [-0.05, 0) is 30.3 Å². The first-order valence-electron chi connectivity index (χ1n) is 8.78. The van der Waals surface area contributed by atoms with E-state index in [1.165, 1.54) is 18.2 Å². The monoisotopic (exact) mass is 438 g/mol. The zero-order valence-corrected chi connectivity index (χ0v) is 18.7. The fourth-order valence-corrected chi connectivity index (χ4v) is 4.33. The molecule has 0 bridgehead atoms. The van der Waals surface area contributed by atoms with E-state index < -0.39 is 32.7 Å². The molecule has 160 valence electrons. The van der Waals surface area contributed by atoms with Crippen molar-refractivity contribution in [1.82, 2.24) is 4.90 Å². The molecule has 0 radical (unpaired) electrons. The number of nitrogens with two attached hydrogens (primary N) is 1. The summed E-state index contributed by atoms with van der Waals surface area (Å²) in [5.74, 6) is 0. The molecule has 0 aliphatic rings. The number of carbonyl (C=O) groups is 1. The van der Waals surface area contributed by atoms with Gasteiger partial charge in [0.2, 0.25) is 0 Å². The molecule has 0 saturated heterocycles. The van der Waals surface area contributed by atoms with Crippen LogP contribution in [0.2, 0.25) is 18.1 Å². The van der Waals surface area contributed by atoms with E-state index >= 15 is 0 Å². The second kappa shape index (κ2) is 8.98. The van der Waals surface area contributed by atoms with Crippen LogP contribution < -0.4 is 5.73 Å². The van der Waals surface area contributed by atoms with Gasteiger partial charge in [-0.25, -0.2) is 4.79 Å². The maximum atomic E-state index is 12.9. The molecule has 0 fully saturated rings. The molecule has 10 heteroatoms. The van der Waals surface area contributed by atoms with Crippen molar-refractivity contribution < 1.29 is 27.5 Å². The van der Waals surface area contributed by atoms with Gasteiger partial charge in [0.05, 0.1) is 12.6 Å². The second-order valence-corrected chi connectivity index (χ2v) is 14.0. The van der Waals surface area contributed by atoms with Crippen molar-refractivity contribution in [3.63, 3.8) is 0 Å². The van der Waals surface area contributed by atoms with Crippen LogP contribution in [0.25, 0.3) is 0 Å². The summed E-state index contributed by atoms with van der Waals surface area (Å²) in [6.07, 6.45) is -4.33. The Bertz CT molecular complexity index is 686. The smallest absolute Gasteiger partial charge is 0.408 e. The van der Waals surface area contributed by atoms with Crippen LogP contribution in [0.15, 0.2) is 24.8 Å². The molecule has 1 heterocycles. The molecule has 0 aliphatic heterocycles. The molecule has 1 aromatic heterocycles. The van der Waals surface area contributed by atoms with Crippen molar-refractivity contribution >= 4 is 25.7 Å². The standard InChI is InChI=1S/C18H29F3N2O3SSi/c1-7-10-23(16(24)25)12(11-26-28(5,6)17(2,3)4)13-8-9-14(27-13)15(22)18(19,20)21/h7-9,12,15H,1,10-11,22H2,2-6H3,(H,24,25)/t12-,15-/m1/s1. The van der Waals surface area contributed by atoms with Gasteiger partial charge in [0.1, 0.15) is 6.04 Å². The van der Waals surface area contributed by atoms with Crippen LogP contribution in [0.1, 0.15) is 42.6 Å². The van der Waals surface area contributed by atoms with Gasteiger partial charge in [-0.2, -0.15) is 13.2 Å². The molecule has 0 aromatic carbocycles. The quantitative estimate of drug-likeness (QED) is 0.413. The lowest BCUT2D eigenvalue weighted by molar-refractivity contribution is -0.148. The van der Waals surface area contributed by atoms with E-state index in [-0.39, 0.29) is 23.1 Å². The van der Waals surface area contributed by atoms with Crippen molar-refractivity contribution in [3.8, 4) is 0 Å². The van der Waals surface area contributed by atoms with Gasteiger partial charge in [-0.3, -0.25) is 4.90 Å². The molecular weight excluding hydrogens is 409 g/mol. The lowest BCUT2D eigenvalue weighted by Gasteiger charge is -2.38. The third-order valence-corrected chi connectivity index (χ3v) is 10.8. The van der Waals surface area contributed by atoms with E-state index in [9.17, 15) is 23.1 Å². The number of thiophene rings is 1. The number of rotatable bonds is 8. The number of alkyl halides is 3. The van der Waals surface area contributed by atoms with Gasteiger partial charge in [0, 0.05) is 16.3 Å². The summed E-state index contributed by atoms with van der Waals surface area (Å²) < 4.78 is 45.0. The van der Waals surface area contributed by atoms with Crippen LogP contribution in [-0.4, -0.2) is 43.7 Å². The van der Waals surface area contributed by atoms with E-state index in [4.69, 9.17) is 10.2 Å². The van der Waals surface area contributed by atoms with E-state index in [2.05, 4.69) is 27.4 Å². The summed E-state index contributed by atoms with van der Waals surface area (Å²) in [6.45, 7) is 13.9. The van der Waals surface area contributed by atoms with Crippen molar-refractivity contribution in [2.45, 2.75) is 57.2 Å². The largest absolute Gasteiger partial charge is 0.465 e. The maximum Gasteiger partial charge on any atom is 0.408 e. The van der Waals surface area contributed by atoms with Gasteiger partial charge in [0.15, 0.2) is 8.32 Å². The summed E-state index contributed by atoms with van der Waals surface area (Å²) in [7, 11) is -2.19. The lowest BCUT2D eigenvalue weighted by atomic mass is 10.2. The molecule has 0 spiro atoms. The predicted octanol–water partition coefficient (Wildman–Crippen LogP) is 5.54. The van der Waals surface area contributed by atoms with E-state index in [1.807, 2.05) is 13.1 Å². The summed E-state index contributed by atoms with van der Waals surface area (Å²) in [6, 6.07) is -0.0647.